The van der Waals surface area contributed by atoms with Crippen LogP contribution in [0.25, 0.3) is 0 Å². The van der Waals surface area contributed by atoms with Crippen molar-refractivity contribution in [2.24, 2.45) is 5.73 Å². The van der Waals surface area contributed by atoms with Crippen molar-refractivity contribution < 1.29 is 0 Å². The van der Waals surface area contributed by atoms with E-state index in [-0.39, 0.29) is 6.04 Å². The summed E-state index contributed by atoms with van der Waals surface area (Å²) in [7, 11) is 0. The predicted molar refractivity (Wildman–Crippen MR) is 75.9 cm³/mol. The molecule has 1 unspecified atom stereocenters. The zero-order valence-electron chi connectivity index (χ0n) is 11.3. The van der Waals surface area contributed by atoms with Crippen LogP contribution in [0.5, 0.6) is 0 Å². The van der Waals surface area contributed by atoms with E-state index >= 15 is 0 Å². The summed E-state index contributed by atoms with van der Waals surface area (Å²) in [6, 6.07) is 4.42. The van der Waals surface area contributed by atoms with Gasteiger partial charge in [-0.05, 0) is 62.3 Å². The Bertz CT molecular complexity index is 537. The van der Waals surface area contributed by atoms with Crippen molar-refractivity contribution in [1.29, 1.82) is 0 Å². The summed E-state index contributed by atoms with van der Waals surface area (Å²) in [6.45, 7) is 8.40. The number of rotatable bonds is 3. The molecule has 1 aromatic carbocycles. The van der Waals surface area contributed by atoms with Crippen LogP contribution in [0.4, 0.5) is 0 Å². The molecule has 0 aliphatic heterocycles. The summed E-state index contributed by atoms with van der Waals surface area (Å²) in [5.41, 5.74) is 12.5. The SMILES string of the molecule is Cc1cc(C)c(CC(N)c2snnc2C)c(C)c1. The third-order valence-corrected chi connectivity index (χ3v) is 4.25. The van der Waals surface area contributed by atoms with Crippen LogP contribution in [0.2, 0.25) is 0 Å². The standard InChI is InChI=1S/C14H19N3S/c1-8-5-9(2)12(10(3)6-8)7-13(15)14-11(4)16-17-18-14/h5-6,13H,7,15H2,1-4H3. The molecule has 0 aliphatic rings. The minimum Gasteiger partial charge on any atom is -0.323 e. The van der Waals surface area contributed by atoms with E-state index in [1.165, 1.54) is 33.8 Å². The van der Waals surface area contributed by atoms with Gasteiger partial charge in [-0.15, -0.1) is 5.10 Å². The summed E-state index contributed by atoms with van der Waals surface area (Å²) in [4.78, 5) is 1.09. The zero-order valence-corrected chi connectivity index (χ0v) is 12.1. The quantitative estimate of drug-likeness (QED) is 0.924. The van der Waals surface area contributed by atoms with Crippen molar-refractivity contribution in [2.45, 2.75) is 40.2 Å². The van der Waals surface area contributed by atoms with Crippen LogP contribution < -0.4 is 5.73 Å². The minimum absolute atomic E-state index is 0.00916. The number of aryl methyl sites for hydroxylation is 4. The van der Waals surface area contributed by atoms with Crippen molar-refractivity contribution in [3.63, 3.8) is 0 Å². The molecule has 0 fully saturated rings. The monoisotopic (exact) mass is 261 g/mol. The topological polar surface area (TPSA) is 51.8 Å². The van der Waals surface area contributed by atoms with Crippen LogP contribution in [-0.4, -0.2) is 9.59 Å². The van der Waals surface area contributed by atoms with Gasteiger partial charge in [-0.25, -0.2) is 0 Å². The highest BCUT2D eigenvalue weighted by Crippen LogP contribution is 2.25. The van der Waals surface area contributed by atoms with Gasteiger partial charge >= 0.3 is 0 Å². The maximum absolute atomic E-state index is 6.28. The van der Waals surface area contributed by atoms with E-state index in [9.17, 15) is 0 Å². The lowest BCUT2D eigenvalue weighted by Gasteiger charge is -2.15. The smallest absolute Gasteiger partial charge is 0.0772 e. The zero-order chi connectivity index (χ0) is 13.3. The first-order valence-corrected chi connectivity index (χ1v) is 6.87. The average molecular weight is 261 g/mol. The van der Waals surface area contributed by atoms with E-state index in [0.717, 1.165) is 17.0 Å². The Morgan fingerprint density at radius 2 is 1.78 bits per heavy atom. The van der Waals surface area contributed by atoms with Gasteiger partial charge in [0.2, 0.25) is 0 Å². The molecule has 1 heterocycles. The third-order valence-electron chi connectivity index (χ3n) is 3.29. The molecule has 2 N–H and O–H groups in total. The summed E-state index contributed by atoms with van der Waals surface area (Å²) < 4.78 is 3.96. The number of aromatic nitrogens is 2. The van der Waals surface area contributed by atoms with Gasteiger partial charge in [-0.2, -0.15) is 0 Å². The third kappa shape index (κ3) is 2.60. The molecule has 0 bridgehead atoms. The lowest BCUT2D eigenvalue weighted by molar-refractivity contribution is 0.721. The van der Waals surface area contributed by atoms with Gasteiger partial charge in [-0.3, -0.25) is 0 Å². The van der Waals surface area contributed by atoms with E-state index in [2.05, 4.69) is 42.5 Å². The van der Waals surface area contributed by atoms with Gasteiger partial charge in [0.15, 0.2) is 0 Å². The second kappa shape index (κ2) is 5.16. The molecule has 96 valence electrons. The first kappa shape index (κ1) is 13.2. The van der Waals surface area contributed by atoms with Gasteiger partial charge in [-0.1, -0.05) is 22.2 Å². The molecule has 0 amide bonds. The Morgan fingerprint density at radius 1 is 1.17 bits per heavy atom. The van der Waals surface area contributed by atoms with E-state index in [4.69, 9.17) is 5.73 Å². The summed E-state index contributed by atoms with van der Waals surface area (Å²) in [6.07, 6.45) is 0.850. The molecular weight excluding hydrogens is 242 g/mol. The van der Waals surface area contributed by atoms with Crippen molar-refractivity contribution in [3.8, 4) is 0 Å². The van der Waals surface area contributed by atoms with E-state index in [1.54, 1.807) is 0 Å². The first-order chi connectivity index (χ1) is 8.49. The summed E-state index contributed by atoms with van der Waals surface area (Å²) in [5.74, 6) is 0. The lowest BCUT2D eigenvalue weighted by atomic mass is 9.94. The molecular formula is C14H19N3S. The highest BCUT2D eigenvalue weighted by molar-refractivity contribution is 7.05. The van der Waals surface area contributed by atoms with Crippen molar-refractivity contribution in [3.05, 3.63) is 45.0 Å². The maximum Gasteiger partial charge on any atom is 0.0772 e. The number of nitrogens with zero attached hydrogens (tertiary/aromatic N) is 2. The fourth-order valence-corrected chi connectivity index (χ4v) is 3.06. The van der Waals surface area contributed by atoms with Crippen LogP contribution in [0.15, 0.2) is 12.1 Å². The number of hydrogen-bond donors (Lipinski definition) is 1. The van der Waals surface area contributed by atoms with Gasteiger partial charge in [0, 0.05) is 6.04 Å². The van der Waals surface area contributed by atoms with Gasteiger partial charge in [0.05, 0.1) is 10.6 Å². The molecule has 2 aromatic rings. The molecule has 0 aliphatic carbocycles. The van der Waals surface area contributed by atoms with E-state index in [1.807, 2.05) is 6.92 Å². The average Bonchev–Trinajstić information content (AvgIpc) is 2.69. The lowest BCUT2D eigenvalue weighted by Crippen LogP contribution is -2.14. The van der Waals surface area contributed by atoms with Crippen LogP contribution in [0.3, 0.4) is 0 Å². The van der Waals surface area contributed by atoms with Gasteiger partial charge < -0.3 is 5.73 Å². The molecule has 0 saturated heterocycles. The molecule has 1 aromatic heterocycles. The second-order valence-corrected chi connectivity index (χ2v) is 5.70. The Balaban J connectivity index is 2.27. The highest BCUT2D eigenvalue weighted by atomic mass is 32.1. The minimum atomic E-state index is -0.00916. The highest BCUT2D eigenvalue weighted by Gasteiger charge is 2.15. The summed E-state index contributed by atoms with van der Waals surface area (Å²) >= 11 is 1.41. The Morgan fingerprint density at radius 3 is 2.28 bits per heavy atom. The molecule has 0 saturated carbocycles. The van der Waals surface area contributed by atoms with E-state index in [0.29, 0.717) is 0 Å². The second-order valence-electron chi connectivity index (χ2n) is 4.91. The molecule has 2 rings (SSSR count). The number of benzene rings is 1. The van der Waals surface area contributed by atoms with Crippen molar-refractivity contribution >= 4 is 11.5 Å². The van der Waals surface area contributed by atoms with Crippen LogP contribution in [0, 0.1) is 27.7 Å². The molecule has 0 radical (unpaired) electrons. The van der Waals surface area contributed by atoms with Crippen LogP contribution in [-0.2, 0) is 6.42 Å². The Labute approximate surface area is 112 Å². The molecule has 3 nitrogen and oxygen atoms in total. The number of nitrogens with two attached hydrogens (primary N) is 1. The predicted octanol–water partition coefficient (Wildman–Crippen LogP) is 3.01. The maximum atomic E-state index is 6.28. The van der Waals surface area contributed by atoms with E-state index < -0.39 is 0 Å². The normalized spacial score (nSPS) is 12.7. The fourth-order valence-electron chi connectivity index (χ4n) is 2.42. The Hall–Kier alpha value is -1.26. The molecule has 18 heavy (non-hydrogen) atoms. The summed E-state index contributed by atoms with van der Waals surface area (Å²) in [5, 5.41) is 4.03. The van der Waals surface area contributed by atoms with Crippen LogP contribution in [0.1, 0.15) is 38.9 Å². The molecule has 0 spiro atoms. The molecule has 1 atom stereocenters. The largest absolute Gasteiger partial charge is 0.323 e. The number of hydrogen-bond acceptors (Lipinski definition) is 4. The fraction of sp³-hybridized carbons (Fsp3) is 0.429. The van der Waals surface area contributed by atoms with Gasteiger partial charge in [0.1, 0.15) is 0 Å². The van der Waals surface area contributed by atoms with Crippen molar-refractivity contribution in [2.75, 3.05) is 0 Å². The van der Waals surface area contributed by atoms with Crippen molar-refractivity contribution in [1.82, 2.24) is 9.59 Å². The van der Waals surface area contributed by atoms with Gasteiger partial charge in [0.25, 0.3) is 0 Å². The Kier molecular flexibility index (Phi) is 3.78. The van der Waals surface area contributed by atoms with Crippen LogP contribution >= 0.6 is 11.5 Å². The molecule has 4 heteroatoms. The first-order valence-electron chi connectivity index (χ1n) is 6.10.